The van der Waals surface area contributed by atoms with E-state index >= 15 is 0 Å². The first-order valence-corrected chi connectivity index (χ1v) is 13.0. The first kappa shape index (κ1) is 24.4. The van der Waals surface area contributed by atoms with Crippen LogP contribution in [0.1, 0.15) is 46.1 Å². The van der Waals surface area contributed by atoms with Crippen LogP contribution >= 0.6 is 0 Å². The Hall–Kier alpha value is -1.86. The Morgan fingerprint density at radius 2 is 1.47 bits per heavy atom. The van der Waals surface area contributed by atoms with Crippen molar-refractivity contribution in [1.29, 1.82) is 0 Å². The first-order chi connectivity index (χ1) is 14.6. The number of benzene rings is 2. The topological polar surface area (TPSA) is 57.2 Å². The number of aryl methyl sites for hydroxylation is 1. The molecule has 0 saturated heterocycles. The monoisotopic (exact) mass is 432 g/mol. The second-order valence-electron chi connectivity index (χ2n) is 7.05. The maximum Gasteiger partial charge on any atom is 0.500 e. The van der Waals surface area contributed by atoms with Crippen LogP contribution in [0.4, 0.5) is 0 Å². The fourth-order valence-electron chi connectivity index (χ4n) is 3.52. The van der Waals surface area contributed by atoms with E-state index in [1.54, 1.807) is 6.07 Å². The van der Waals surface area contributed by atoms with E-state index in [1.165, 1.54) is 0 Å². The van der Waals surface area contributed by atoms with Crippen LogP contribution in [0.2, 0.25) is 6.04 Å². The fourth-order valence-corrected chi connectivity index (χ4v) is 6.13. The fraction of sp³-hybridized carbons (Fsp3) is 0.500. The molecule has 0 fully saturated rings. The third kappa shape index (κ3) is 7.13. The van der Waals surface area contributed by atoms with Gasteiger partial charge in [-0.15, -0.1) is 0 Å². The minimum Gasteiger partial charge on any atom is -0.508 e. The van der Waals surface area contributed by atoms with Crippen LogP contribution < -0.4 is 4.74 Å². The van der Waals surface area contributed by atoms with Gasteiger partial charge in [0.15, 0.2) is 0 Å². The van der Waals surface area contributed by atoms with Gasteiger partial charge in [0.2, 0.25) is 0 Å². The molecular weight excluding hydrogens is 396 g/mol. The summed E-state index contributed by atoms with van der Waals surface area (Å²) in [4.78, 5) is 0. The SMILES string of the molecule is CCCOc1ccc(-c2ccc(O)cc2CCC[Si](OCC)(OCC)OCC)cc1. The number of ether oxygens (including phenoxy) is 1. The Kier molecular flexibility index (Phi) is 10.4. The maximum absolute atomic E-state index is 10.1. The van der Waals surface area contributed by atoms with Crippen molar-refractivity contribution in [1.82, 2.24) is 0 Å². The van der Waals surface area contributed by atoms with Gasteiger partial charge in [0.1, 0.15) is 11.5 Å². The summed E-state index contributed by atoms with van der Waals surface area (Å²) in [6.45, 7) is 10.5. The lowest BCUT2D eigenvalue weighted by Gasteiger charge is -2.28. The summed E-state index contributed by atoms with van der Waals surface area (Å²) in [5, 5.41) is 10.1. The first-order valence-electron chi connectivity index (χ1n) is 11.0. The van der Waals surface area contributed by atoms with Crippen LogP contribution in [0.25, 0.3) is 11.1 Å². The molecule has 0 aliphatic heterocycles. The molecule has 30 heavy (non-hydrogen) atoms. The van der Waals surface area contributed by atoms with Crippen LogP contribution in [-0.2, 0) is 19.7 Å². The van der Waals surface area contributed by atoms with E-state index in [-0.39, 0.29) is 5.75 Å². The van der Waals surface area contributed by atoms with Gasteiger partial charge in [-0.1, -0.05) is 25.1 Å². The second-order valence-corrected chi connectivity index (χ2v) is 9.78. The van der Waals surface area contributed by atoms with Gasteiger partial charge in [0, 0.05) is 25.9 Å². The molecule has 2 rings (SSSR count). The minimum absolute atomic E-state index is 0.277. The molecule has 5 nitrogen and oxygen atoms in total. The van der Waals surface area contributed by atoms with E-state index in [0.29, 0.717) is 19.8 Å². The van der Waals surface area contributed by atoms with Crippen molar-refractivity contribution >= 4 is 8.80 Å². The maximum atomic E-state index is 10.1. The molecule has 0 aromatic heterocycles. The Balaban J connectivity index is 2.14. The van der Waals surface area contributed by atoms with Gasteiger partial charge in [-0.2, -0.15) is 0 Å². The number of phenolic OH excluding ortho intramolecular Hbond substituents is 1. The van der Waals surface area contributed by atoms with Crippen molar-refractivity contribution in [3.8, 4) is 22.6 Å². The summed E-state index contributed by atoms with van der Waals surface area (Å²) in [6.07, 6.45) is 2.65. The Morgan fingerprint density at radius 3 is 2.03 bits per heavy atom. The molecule has 2 aromatic carbocycles. The zero-order valence-electron chi connectivity index (χ0n) is 18.8. The molecule has 0 saturated carbocycles. The quantitative estimate of drug-likeness (QED) is 0.381. The molecule has 0 aliphatic rings. The van der Waals surface area contributed by atoms with E-state index in [4.69, 9.17) is 18.0 Å². The number of hydrogen-bond acceptors (Lipinski definition) is 5. The van der Waals surface area contributed by atoms with E-state index in [2.05, 4.69) is 19.1 Å². The van der Waals surface area contributed by atoms with E-state index < -0.39 is 8.80 Å². The van der Waals surface area contributed by atoms with E-state index in [9.17, 15) is 5.11 Å². The molecule has 0 bridgehead atoms. The van der Waals surface area contributed by atoms with Gasteiger partial charge in [0.25, 0.3) is 0 Å². The molecule has 166 valence electrons. The number of phenols is 1. The molecule has 2 aromatic rings. The van der Waals surface area contributed by atoms with Crippen molar-refractivity contribution in [3.63, 3.8) is 0 Å². The van der Waals surface area contributed by atoms with Crippen LogP contribution in [0.15, 0.2) is 42.5 Å². The predicted octanol–water partition coefficient (Wildman–Crippen LogP) is 5.83. The number of aromatic hydroxyl groups is 1. The average Bonchev–Trinajstić information content (AvgIpc) is 2.73. The van der Waals surface area contributed by atoms with Crippen molar-refractivity contribution in [2.24, 2.45) is 0 Å². The molecule has 0 unspecified atom stereocenters. The smallest absolute Gasteiger partial charge is 0.500 e. The Labute approximate surface area is 182 Å². The molecular formula is C24H36O5Si. The van der Waals surface area contributed by atoms with Gasteiger partial charge >= 0.3 is 8.80 Å². The summed E-state index contributed by atoms with van der Waals surface area (Å²) in [6, 6.07) is 14.5. The molecule has 1 N–H and O–H groups in total. The highest BCUT2D eigenvalue weighted by atomic mass is 28.4. The van der Waals surface area contributed by atoms with Crippen LogP contribution in [0, 0.1) is 0 Å². The molecule has 0 radical (unpaired) electrons. The highest BCUT2D eigenvalue weighted by Gasteiger charge is 2.39. The molecule has 0 aliphatic carbocycles. The van der Waals surface area contributed by atoms with Gasteiger partial charge in [-0.25, -0.2) is 0 Å². The molecule has 0 atom stereocenters. The van der Waals surface area contributed by atoms with Crippen molar-refractivity contribution in [2.45, 2.75) is 53.0 Å². The normalized spacial score (nSPS) is 11.6. The molecule has 0 amide bonds. The molecule has 0 heterocycles. The summed E-state index contributed by atoms with van der Waals surface area (Å²) in [7, 11) is -2.66. The lowest BCUT2D eigenvalue weighted by molar-refractivity contribution is 0.0708. The molecule has 6 heteroatoms. The van der Waals surface area contributed by atoms with Crippen molar-refractivity contribution < 1.29 is 23.1 Å². The second kappa shape index (κ2) is 12.7. The van der Waals surface area contributed by atoms with Crippen molar-refractivity contribution in [2.75, 3.05) is 26.4 Å². The number of rotatable bonds is 14. The summed E-state index contributed by atoms with van der Waals surface area (Å²) in [5.41, 5.74) is 3.33. The zero-order valence-corrected chi connectivity index (χ0v) is 19.8. The third-order valence-corrected chi connectivity index (χ3v) is 7.90. The highest BCUT2D eigenvalue weighted by Crippen LogP contribution is 2.30. The van der Waals surface area contributed by atoms with Gasteiger partial charge in [-0.05, 0) is 81.0 Å². The summed E-state index contributed by atoms with van der Waals surface area (Å²) in [5.74, 6) is 1.15. The Bertz CT molecular complexity index is 731. The average molecular weight is 433 g/mol. The summed E-state index contributed by atoms with van der Waals surface area (Å²) >= 11 is 0. The van der Waals surface area contributed by atoms with Gasteiger partial charge in [0.05, 0.1) is 6.61 Å². The lowest BCUT2D eigenvalue weighted by atomic mass is 9.96. The van der Waals surface area contributed by atoms with Crippen LogP contribution in [-0.4, -0.2) is 40.3 Å². The van der Waals surface area contributed by atoms with Gasteiger partial charge < -0.3 is 23.1 Å². The largest absolute Gasteiger partial charge is 0.508 e. The van der Waals surface area contributed by atoms with E-state index in [0.717, 1.165) is 54.4 Å². The highest BCUT2D eigenvalue weighted by molar-refractivity contribution is 6.60. The number of hydrogen-bond donors (Lipinski definition) is 1. The zero-order chi connectivity index (χ0) is 21.8. The minimum atomic E-state index is -2.66. The predicted molar refractivity (Wildman–Crippen MR) is 123 cm³/mol. The van der Waals surface area contributed by atoms with E-state index in [1.807, 2.05) is 45.0 Å². The van der Waals surface area contributed by atoms with Crippen LogP contribution in [0.3, 0.4) is 0 Å². The summed E-state index contributed by atoms with van der Waals surface area (Å²) < 4.78 is 23.6. The Morgan fingerprint density at radius 1 is 0.833 bits per heavy atom. The third-order valence-electron chi connectivity index (χ3n) is 4.75. The molecule has 0 spiro atoms. The van der Waals surface area contributed by atoms with Crippen molar-refractivity contribution in [3.05, 3.63) is 48.0 Å². The van der Waals surface area contributed by atoms with Gasteiger partial charge in [-0.3, -0.25) is 0 Å². The standard InChI is InChI=1S/C24H36O5Si/c1-5-17-26-23-14-11-20(12-15-23)24-16-13-22(25)19-21(24)10-9-18-30(27-6-2,28-7-3)29-8-4/h11-16,19,25H,5-10,17-18H2,1-4H3. The van der Waals surface area contributed by atoms with Crippen LogP contribution in [0.5, 0.6) is 11.5 Å². The lowest BCUT2D eigenvalue weighted by Crippen LogP contribution is -2.46.